The van der Waals surface area contributed by atoms with Gasteiger partial charge in [0.25, 0.3) is 5.91 Å². The quantitative estimate of drug-likeness (QED) is 0.748. The molecule has 1 atom stereocenters. The summed E-state index contributed by atoms with van der Waals surface area (Å²) < 4.78 is 10.8. The number of esters is 1. The Bertz CT molecular complexity index is 1020. The van der Waals surface area contributed by atoms with Gasteiger partial charge in [-0.15, -0.1) is 0 Å². The predicted molar refractivity (Wildman–Crippen MR) is 114 cm³/mol. The molecule has 164 valence electrons. The number of rotatable bonds is 4. The predicted octanol–water partition coefficient (Wildman–Crippen LogP) is 2.68. The summed E-state index contributed by atoms with van der Waals surface area (Å²) in [6.45, 7) is 7.47. The molecule has 4 rings (SSSR count). The molecule has 1 aliphatic carbocycles. The normalized spacial score (nSPS) is 22.6. The van der Waals surface area contributed by atoms with Crippen molar-refractivity contribution < 1.29 is 23.9 Å². The zero-order chi connectivity index (χ0) is 22.3. The fourth-order valence-electron chi connectivity index (χ4n) is 4.90. The molecule has 0 unspecified atom stereocenters. The van der Waals surface area contributed by atoms with Crippen molar-refractivity contribution in [1.82, 2.24) is 10.2 Å². The fourth-order valence-corrected chi connectivity index (χ4v) is 4.90. The Hall–Kier alpha value is -3.09. The number of hydrogen-bond acceptors (Lipinski definition) is 6. The molecule has 2 heterocycles. The van der Waals surface area contributed by atoms with Crippen LogP contribution in [-0.2, 0) is 19.1 Å². The summed E-state index contributed by atoms with van der Waals surface area (Å²) in [5, 5.41) is 2.84. The van der Waals surface area contributed by atoms with E-state index in [-0.39, 0.29) is 28.4 Å². The number of piperazine rings is 1. The third-order valence-corrected chi connectivity index (χ3v) is 6.07. The molecule has 1 N–H and O–H groups in total. The minimum absolute atomic E-state index is 0.00416. The van der Waals surface area contributed by atoms with Crippen molar-refractivity contribution in [2.24, 2.45) is 5.41 Å². The monoisotopic (exact) mass is 424 g/mol. The van der Waals surface area contributed by atoms with E-state index in [9.17, 15) is 14.4 Å². The van der Waals surface area contributed by atoms with Gasteiger partial charge in [0.15, 0.2) is 5.78 Å². The summed E-state index contributed by atoms with van der Waals surface area (Å²) in [4.78, 5) is 41.3. The lowest BCUT2D eigenvalue weighted by Crippen LogP contribution is -2.51. The first-order chi connectivity index (χ1) is 14.8. The number of methoxy groups -OCH3 is 1. The van der Waals surface area contributed by atoms with Crippen LogP contribution in [0.2, 0.25) is 0 Å². The van der Waals surface area contributed by atoms with E-state index in [1.807, 2.05) is 36.1 Å². The molecule has 0 spiro atoms. The average molecular weight is 424 g/mol. The van der Waals surface area contributed by atoms with Crippen LogP contribution in [0.3, 0.4) is 0 Å². The number of nitrogens with zero attached hydrogens (tertiary/aromatic N) is 1. The SMILES string of the molecule is CCOc1cccc([C@@H]2C3=C(CC(C)(C)CC3=O)N3CCNC(=O)C3=C2C(=O)OC)c1. The Morgan fingerprint density at radius 3 is 2.74 bits per heavy atom. The molecule has 1 fully saturated rings. The zero-order valence-corrected chi connectivity index (χ0v) is 18.4. The molecule has 1 saturated heterocycles. The minimum atomic E-state index is -0.679. The molecule has 0 bridgehead atoms. The van der Waals surface area contributed by atoms with Crippen molar-refractivity contribution in [3.63, 3.8) is 0 Å². The van der Waals surface area contributed by atoms with E-state index < -0.39 is 11.9 Å². The van der Waals surface area contributed by atoms with Crippen LogP contribution in [0.1, 0.15) is 45.1 Å². The van der Waals surface area contributed by atoms with E-state index in [0.717, 1.165) is 11.3 Å². The van der Waals surface area contributed by atoms with Crippen LogP contribution in [0.25, 0.3) is 0 Å². The van der Waals surface area contributed by atoms with E-state index >= 15 is 0 Å². The molecule has 0 radical (unpaired) electrons. The number of ether oxygens (including phenoxy) is 2. The number of Topliss-reactive ketones (excluding diaryl/α,β-unsaturated/α-hetero) is 1. The maximum Gasteiger partial charge on any atom is 0.337 e. The number of benzene rings is 1. The zero-order valence-electron chi connectivity index (χ0n) is 18.4. The van der Waals surface area contributed by atoms with Crippen molar-refractivity contribution >= 4 is 17.7 Å². The van der Waals surface area contributed by atoms with Gasteiger partial charge in [0, 0.05) is 36.7 Å². The molecule has 0 saturated carbocycles. The number of carbonyl (C=O) groups excluding carboxylic acids is 3. The molecule has 2 aliphatic heterocycles. The molecule has 31 heavy (non-hydrogen) atoms. The second-order valence-corrected chi connectivity index (χ2v) is 8.90. The van der Waals surface area contributed by atoms with Gasteiger partial charge in [0.1, 0.15) is 11.4 Å². The maximum absolute atomic E-state index is 13.5. The molecule has 1 aromatic carbocycles. The van der Waals surface area contributed by atoms with Crippen LogP contribution < -0.4 is 10.1 Å². The number of fused-ring (bicyclic) bond motifs is 2. The van der Waals surface area contributed by atoms with Crippen LogP contribution in [0.5, 0.6) is 5.75 Å². The van der Waals surface area contributed by atoms with Gasteiger partial charge in [-0.2, -0.15) is 0 Å². The second kappa shape index (κ2) is 7.87. The Balaban J connectivity index is 1.99. The van der Waals surface area contributed by atoms with Gasteiger partial charge in [-0.05, 0) is 36.5 Å². The van der Waals surface area contributed by atoms with Crippen LogP contribution in [-0.4, -0.2) is 49.4 Å². The van der Waals surface area contributed by atoms with Gasteiger partial charge in [-0.1, -0.05) is 26.0 Å². The van der Waals surface area contributed by atoms with Gasteiger partial charge >= 0.3 is 5.97 Å². The Kier molecular flexibility index (Phi) is 5.37. The van der Waals surface area contributed by atoms with E-state index in [2.05, 4.69) is 19.2 Å². The highest BCUT2D eigenvalue weighted by Crippen LogP contribution is 2.50. The van der Waals surface area contributed by atoms with E-state index in [0.29, 0.717) is 43.9 Å². The van der Waals surface area contributed by atoms with Crippen molar-refractivity contribution in [3.8, 4) is 5.75 Å². The molecular weight excluding hydrogens is 396 g/mol. The minimum Gasteiger partial charge on any atom is -0.494 e. The van der Waals surface area contributed by atoms with Crippen molar-refractivity contribution in [2.75, 3.05) is 26.8 Å². The standard InChI is InChI=1S/C24H28N2O5/c1-5-31-15-8-6-7-14(11-15)18-19-16(12-24(2,3)13-17(19)27)26-10-9-25-22(28)21(26)20(18)23(29)30-4/h6-8,11,18H,5,9-10,12-13H2,1-4H3,(H,25,28)/t18-/m1/s1. The lowest BCUT2D eigenvalue weighted by Gasteiger charge is -2.46. The van der Waals surface area contributed by atoms with E-state index in [4.69, 9.17) is 9.47 Å². The third-order valence-electron chi connectivity index (χ3n) is 6.07. The largest absolute Gasteiger partial charge is 0.494 e. The summed E-state index contributed by atoms with van der Waals surface area (Å²) in [5.74, 6) is -0.949. The Labute approximate surface area is 182 Å². The number of hydrogen-bond donors (Lipinski definition) is 1. The first kappa shape index (κ1) is 21.2. The smallest absolute Gasteiger partial charge is 0.337 e. The maximum atomic E-state index is 13.5. The Morgan fingerprint density at radius 2 is 2.03 bits per heavy atom. The third kappa shape index (κ3) is 3.62. The highest BCUT2D eigenvalue weighted by molar-refractivity contribution is 6.09. The fraction of sp³-hybridized carbons (Fsp3) is 0.458. The summed E-state index contributed by atoms with van der Waals surface area (Å²) >= 11 is 0. The van der Waals surface area contributed by atoms with Crippen molar-refractivity contribution in [1.29, 1.82) is 0 Å². The lowest BCUT2D eigenvalue weighted by molar-refractivity contribution is -0.137. The summed E-state index contributed by atoms with van der Waals surface area (Å²) in [5.41, 5.74) is 2.43. The van der Waals surface area contributed by atoms with Gasteiger partial charge in [-0.3, -0.25) is 9.59 Å². The highest BCUT2D eigenvalue weighted by atomic mass is 16.5. The van der Waals surface area contributed by atoms with Crippen LogP contribution in [0.4, 0.5) is 0 Å². The number of carbonyl (C=O) groups is 3. The summed E-state index contributed by atoms with van der Waals surface area (Å²) in [6.07, 6.45) is 1.04. The van der Waals surface area contributed by atoms with Gasteiger partial charge in [0.2, 0.25) is 0 Å². The van der Waals surface area contributed by atoms with Gasteiger partial charge in [0.05, 0.1) is 19.3 Å². The van der Waals surface area contributed by atoms with Gasteiger partial charge in [-0.25, -0.2) is 4.79 Å². The first-order valence-electron chi connectivity index (χ1n) is 10.6. The number of amides is 1. The lowest BCUT2D eigenvalue weighted by atomic mass is 9.67. The van der Waals surface area contributed by atoms with Crippen LogP contribution >= 0.6 is 0 Å². The number of ketones is 1. The molecule has 0 aromatic heterocycles. The molecule has 3 aliphatic rings. The first-order valence-corrected chi connectivity index (χ1v) is 10.6. The number of allylic oxidation sites excluding steroid dienone is 2. The van der Waals surface area contributed by atoms with E-state index in [1.165, 1.54) is 7.11 Å². The van der Waals surface area contributed by atoms with Crippen molar-refractivity contribution in [3.05, 3.63) is 52.4 Å². The highest BCUT2D eigenvalue weighted by Gasteiger charge is 2.48. The molecular formula is C24H28N2O5. The summed E-state index contributed by atoms with van der Waals surface area (Å²) in [7, 11) is 1.30. The van der Waals surface area contributed by atoms with Crippen LogP contribution in [0, 0.1) is 5.41 Å². The molecule has 1 aromatic rings. The molecule has 1 amide bonds. The van der Waals surface area contributed by atoms with Crippen LogP contribution in [0.15, 0.2) is 46.8 Å². The number of nitrogens with one attached hydrogen (secondary N) is 1. The van der Waals surface area contributed by atoms with E-state index in [1.54, 1.807) is 0 Å². The van der Waals surface area contributed by atoms with Crippen molar-refractivity contribution in [2.45, 2.75) is 39.5 Å². The topological polar surface area (TPSA) is 84.9 Å². The second-order valence-electron chi connectivity index (χ2n) is 8.90. The average Bonchev–Trinajstić information content (AvgIpc) is 2.72. The Morgan fingerprint density at radius 1 is 1.26 bits per heavy atom. The molecule has 7 nitrogen and oxygen atoms in total. The van der Waals surface area contributed by atoms with Gasteiger partial charge < -0.3 is 19.7 Å². The molecule has 7 heteroatoms. The summed E-state index contributed by atoms with van der Waals surface area (Å²) in [6, 6.07) is 7.38.